The Morgan fingerprint density at radius 2 is 0.800 bits per heavy atom. The van der Waals surface area contributed by atoms with Gasteiger partial charge in [0.05, 0.1) is 0 Å². The third kappa shape index (κ3) is 6.83. The Kier molecular flexibility index (Phi) is 10.7. The van der Waals surface area contributed by atoms with Crippen molar-refractivity contribution in [2.75, 3.05) is 0 Å². The number of benzene rings is 4. The zero-order valence-electron chi connectivity index (χ0n) is 19.8. The molecule has 0 spiro atoms. The molecule has 172 valence electrons. The predicted octanol–water partition coefficient (Wildman–Crippen LogP) is 3.07. The smallest absolute Gasteiger partial charge is 1.00 e. The largest absolute Gasteiger partial charge is 4.00 e. The van der Waals surface area contributed by atoms with Crippen LogP contribution in [0.15, 0.2) is 121 Å². The van der Waals surface area contributed by atoms with Crippen LogP contribution in [0.4, 0.5) is 0 Å². The quantitative estimate of drug-likeness (QED) is 0.280. The van der Waals surface area contributed by atoms with Crippen LogP contribution in [0.2, 0.25) is 0 Å². The summed E-state index contributed by atoms with van der Waals surface area (Å²) in [5.41, 5.74) is 7.81. The Morgan fingerprint density at radius 1 is 0.429 bits per heavy atom. The first-order valence-corrected chi connectivity index (χ1v) is 11.1. The second-order valence-electron chi connectivity index (χ2n) is 8.48. The number of hydrogen-bond donors (Lipinski definition) is 0. The van der Waals surface area contributed by atoms with Crippen molar-refractivity contribution >= 4 is 21.5 Å². The van der Waals surface area contributed by atoms with Crippen LogP contribution >= 0.6 is 0 Å². The van der Waals surface area contributed by atoms with E-state index in [0.29, 0.717) is 0 Å². The topological polar surface area (TPSA) is 0 Å². The molecule has 0 radical (unpaired) electrons. The van der Waals surface area contributed by atoms with Crippen molar-refractivity contribution in [3.05, 3.63) is 132 Å². The van der Waals surface area contributed by atoms with E-state index in [9.17, 15) is 0 Å². The molecule has 0 aromatic heterocycles. The van der Waals surface area contributed by atoms with Crippen LogP contribution in [-0.2, 0) is 26.2 Å². The van der Waals surface area contributed by atoms with Gasteiger partial charge in [0.1, 0.15) is 0 Å². The molecular weight excluding hydrogens is 546 g/mol. The summed E-state index contributed by atoms with van der Waals surface area (Å²) in [5.74, 6) is 0. The Hall–Kier alpha value is -2.44. The number of fused-ring (bicyclic) bond motifs is 2. The van der Waals surface area contributed by atoms with Crippen molar-refractivity contribution in [2.24, 2.45) is 0 Å². The van der Waals surface area contributed by atoms with Gasteiger partial charge in [-0.05, 0) is 22.3 Å². The van der Waals surface area contributed by atoms with E-state index in [1.54, 1.807) is 0 Å². The zero-order valence-corrected chi connectivity index (χ0v) is 23.8. The Balaban J connectivity index is 0.000000227. The fourth-order valence-corrected chi connectivity index (χ4v) is 4.35. The van der Waals surface area contributed by atoms with Crippen molar-refractivity contribution < 1.29 is 51.0 Å². The fraction of sp³-hybridized carbons (Fsp3) is 0.0625. The molecule has 0 aliphatic carbocycles. The maximum absolute atomic E-state index is 2.26. The van der Waals surface area contributed by atoms with E-state index in [1.807, 2.05) is 0 Å². The van der Waals surface area contributed by atoms with E-state index in [2.05, 4.69) is 135 Å². The normalized spacial score (nSPS) is 9.89. The van der Waals surface area contributed by atoms with Gasteiger partial charge >= 0.3 is 26.2 Å². The Bertz CT molecular complexity index is 1360. The summed E-state index contributed by atoms with van der Waals surface area (Å²) in [4.78, 5) is 0. The van der Waals surface area contributed by atoms with Crippen molar-refractivity contribution in [3.8, 4) is 22.3 Å². The van der Waals surface area contributed by atoms with Crippen LogP contribution in [0, 0.1) is 13.8 Å². The second kappa shape index (κ2) is 13.0. The minimum atomic E-state index is 0. The van der Waals surface area contributed by atoms with Crippen molar-refractivity contribution in [2.45, 2.75) is 13.8 Å². The summed E-state index contributed by atoms with van der Waals surface area (Å²) in [6.45, 7) is 4.28. The molecule has 6 aromatic rings. The van der Waals surface area contributed by atoms with Gasteiger partial charge in [0.25, 0.3) is 0 Å². The van der Waals surface area contributed by atoms with Crippen molar-refractivity contribution in [1.82, 2.24) is 0 Å². The van der Waals surface area contributed by atoms with Crippen LogP contribution in [0.25, 0.3) is 43.8 Å². The van der Waals surface area contributed by atoms with Gasteiger partial charge in [0, 0.05) is 0 Å². The average Bonchev–Trinajstić information content (AvgIpc) is 3.39. The van der Waals surface area contributed by atoms with E-state index in [0.717, 1.165) is 0 Å². The molecule has 0 N–H and O–H groups in total. The standard InChI is InChI=1S/2C16H13.2ClH.Zr/c2*1-12-9-14-7-8-15(11-16(14)10-12)13-5-3-2-4-6-13;;;/h2*2-11H,1H3;2*1H;/q2*-1;;;+4/p-2. The first-order chi connectivity index (χ1) is 15.7. The van der Waals surface area contributed by atoms with E-state index in [4.69, 9.17) is 0 Å². The molecule has 3 heteroatoms. The van der Waals surface area contributed by atoms with Gasteiger partial charge in [-0.25, -0.2) is 0 Å². The molecule has 0 atom stereocenters. The van der Waals surface area contributed by atoms with Gasteiger partial charge in [0.15, 0.2) is 0 Å². The first kappa shape index (κ1) is 28.8. The average molecular weight is 573 g/mol. The van der Waals surface area contributed by atoms with Crippen LogP contribution in [0.1, 0.15) is 11.1 Å². The van der Waals surface area contributed by atoms with E-state index < -0.39 is 0 Å². The maximum Gasteiger partial charge on any atom is 4.00 e. The van der Waals surface area contributed by atoms with Crippen LogP contribution in [-0.4, -0.2) is 0 Å². The fourth-order valence-electron chi connectivity index (χ4n) is 4.35. The molecule has 0 aliphatic rings. The molecule has 6 aromatic carbocycles. The van der Waals surface area contributed by atoms with Gasteiger partial charge in [-0.15, -0.1) is 56.9 Å². The second-order valence-corrected chi connectivity index (χ2v) is 8.48. The predicted molar refractivity (Wildman–Crippen MR) is 139 cm³/mol. The SMILES string of the molecule is Cc1cc2cc(-c3ccccc3)ccc2[cH-]1.Cc1cc2cc(-c3ccccc3)ccc2[cH-]1.[Cl-].[Cl-].[Zr+4]. The number of rotatable bonds is 2. The van der Waals surface area contributed by atoms with Gasteiger partial charge in [0.2, 0.25) is 0 Å². The third-order valence-corrected chi connectivity index (χ3v) is 5.92. The minimum Gasteiger partial charge on any atom is -1.00 e. The van der Waals surface area contributed by atoms with Crippen LogP contribution in [0.5, 0.6) is 0 Å². The molecule has 0 nitrogen and oxygen atoms in total. The van der Waals surface area contributed by atoms with Crippen molar-refractivity contribution in [1.29, 1.82) is 0 Å². The Morgan fingerprint density at radius 3 is 1.17 bits per heavy atom. The third-order valence-electron chi connectivity index (χ3n) is 5.92. The summed E-state index contributed by atoms with van der Waals surface area (Å²) in [6, 6.07) is 43.2. The molecule has 0 saturated carbocycles. The number of hydrogen-bond acceptors (Lipinski definition) is 0. The van der Waals surface area contributed by atoms with Crippen molar-refractivity contribution in [3.63, 3.8) is 0 Å². The van der Waals surface area contributed by atoms with E-state index in [-0.39, 0.29) is 51.0 Å². The molecule has 0 unspecified atom stereocenters. The van der Waals surface area contributed by atoms with E-state index >= 15 is 0 Å². The first-order valence-electron chi connectivity index (χ1n) is 11.1. The summed E-state index contributed by atoms with van der Waals surface area (Å²) in [5, 5.41) is 5.33. The van der Waals surface area contributed by atoms with Gasteiger partial charge in [-0.2, -0.15) is 12.1 Å². The molecule has 0 aliphatic heterocycles. The van der Waals surface area contributed by atoms with Gasteiger partial charge < -0.3 is 24.8 Å². The van der Waals surface area contributed by atoms with Crippen LogP contribution < -0.4 is 24.8 Å². The number of halogens is 2. The molecule has 0 fully saturated rings. The molecular formula is C32H26Cl2Zr. The molecule has 0 bridgehead atoms. The monoisotopic (exact) mass is 570 g/mol. The molecule has 0 heterocycles. The van der Waals surface area contributed by atoms with Gasteiger partial charge in [-0.1, -0.05) is 98.8 Å². The molecule has 6 rings (SSSR count). The summed E-state index contributed by atoms with van der Waals surface area (Å²) < 4.78 is 0. The summed E-state index contributed by atoms with van der Waals surface area (Å²) in [6.07, 6.45) is 0. The zero-order chi connectivity index (χ0) is 21.9. The summed E-state index contributed by atoms with van der Waals surface area (Å²) in [7, 11) is 0. The molecule has 0 amide bonds. The number of aryl methyl sites for hydroxylation is 2. The van der Waals surface area contributed by atoms with Gasteiger partial charge in [-0.3, -0.25) is 0 Å². The van der Waals surface area contributed by atoms with E-state index in [1.165, 1.54) is 54.9 Å². The summed E-state index contributed by atoms with van der Waals surface area (Å²) >= 11 is 0. The minimum absolute atomic E-state index is 0. The van der Waals surface area contributed by atoms with Crippen LogP contribution in [0.3, 0.4) is 0 Å². The molecule has 35 heavy (non-hydrogen) atoms. The maximum atomic E-state index is 2.26. The molecule has 0 saturated heterocycles. The Labute approximate surface area is 239 Å².